The standard InChI is InChI=1S/C12H7Cl2N3O3/c13-7-3-4-15-11(5-7)12(18)16-10-6-8(17(19)20)1-2-9(10)14/h1-6H,(H,16,18). The number of non-ortho nitro benzene ring substituents is 1. The number of anilines is 1. The number of carbonyl (C=O) groups is 1. The van der Waals surface area contributed by atoms with Crippen molar-refractivity contribution >= 4 is 40.5 Å². The normalized spacial score (nSPS) is 10.1. The van der Waals surface area contributed by atoms with Crippen molar-refractivity contribution < 1.29 is 9.72 Å². The van der Waals surface area contributed by atoms with E-state index in [9.17, 15) is 14.9 Å². The van der Waals surface area contributed by atoms with Crippen LogP contribution in [0.5, 0.6) is 0 Å². The third-order valence-corrected chi connectivity index (χ3v) is 2.93. The maximum absolute atomic E-state index is 11.9. The number of carbonyl (C=O) groups excluding carboxylic acids is 1. The van der Waals surface area contributed by atoms with Gasteiger partial charge in [-0.2, -0.15) is 0 Å². The molecule has 0 aliphatic heterocycles. The topological polar surface area (TPSA) is 85.1 Å². The van der Waals surface area contributed by atoms with E-state index in [1.807, 2.05) is 0 Å². The van der Waals surface area contributed by atoms with Crippen molar-refractivity contribution in [3.8, 4) is 0 Å². The molecule has 2 aromatic rings. The Bertz CT molecular complexity index is 691. The lowest BCUT2D eigenvalue weighted by Gasteiger charge is -2.06. The number of nitrogens with zero attached hydrogens (tertiary/aromatic N) is 2. The van der Waals surface area contributed by atoms with Gasteiger partial charge >= 0.3 is 0 Å². The van der Waals surface area contributed by atoms with Crippen molar-refractivity contribution in [3.63, 3.8) is 0 Å². The Morgan fingerprint density at radius 1 is 1.25 bits per heavy atom. The second-order valence-corrected chi connectivity index (χ2v) is 4.58. The highest BCUT2D eigenvalue weighted by Gasteiger charge is 2.14. The number of rotatable bonds is 3. The summed E-state index contributed by atoms with van der Waals surface area (Å²) in [7, 11) is 0. The lowest BCUT2D eigenvalue weighted by molar-refractivity contribution is -0.384. The summed E-state index contributed by atoms with van der Waals surface area (Å²) in [5.41, 5.74) is 0.0384. The number of hydrogen-bond acceptors (Lipinski definition) is 4. The largest absolute Gasteiger partial charge is 0.319 e. The van der Waals surface area contributed by atoms with Crippen LogP contribution < -0.4 is 5.32 Å². The first-order valence-electron chi connectivity index (χ1n) is 5.34. The molecule has 0 aliphatic carbocycles. The summed E-state index contributed by atoms with van der Waals surface area (Å²) in [6.45, 7) is 0. The van der Waals surface area contributed by atoms with Crippen LogP contribution in [0.1, 0.15) is 10.5 Å². The Morgan fingerprint density at radius 3 is 2.65 bits per heavy atom. The smallest absolute Gasteiger partial charge is 0.274 e. The van der Waals surface area contributed by atoms with Gasteiger partial charge in [0.15, 0.2) is 0 Å². The number of aromatic nitrogens is 1. The van der Waals surface area contributed by atoms with E-state index < -0.39 is 10.8 Å². The van der Waals surface area contributed by atoms with Gasteiger partial charge in [0, 0.05) is 23.4 Å². The molecule has 0 saturated heterocycles. The Hall–Kier alpha value is -2.18. The Labute approximate surface area is 123 Å². The maximum atomic E-state index is 11.9. The molecule has 1 heterocycles. The van der Waals surface area contributed by atoms with Crippen molar-refractivity contribution in [1.29, 1.82) is 0 Å². The summed E-state index contributed by atoms with van der Waals surface area (Å²) >= 11 is 11.6. The van der Waals surface area contributed by atoms with Crippen LogP contribution in [0, 0.1) is 10.1 Å². The van der Waals surface area contributed by atoms with Crippen LogP contribution in [-0.4, -0.2) is 15.8 Å². The highest BCUT2D eigenvalue weighted by atomic mass is 35.5. The van der Waals surface area contributed by atoms with Crippen molar-refractivity contribution in [3.05, 3.63) is 62.4 Å². The van der Waals surface area contributed by atoms with Gasteiger partial charge in [0.05, 0.1) is 15.6 Å². The lowest BCUT2D eigenvalue weighted by Crippen LogP contribution is -2.14. The number of hydrogen-bond donors (Lipinski definition) is 1. The van der Waals surface area contributed by atoms with Crippen LogP contribution in [0.3, 0.4) is 0 Å². The molecular formula is C12H7Cl2N3O3. The second-order valence-electron chi connectivity index (χ2n) is 3.73. The number of amides is 1. The molecule has 102 valence electrons. The maximum Gasteiger partial charge on any atom is 0.274 e. The zero-order valence-electron chi connectivity index (χ0n) is 9.84. The van der Waals surface area contributed by atoms with Crippen molar-refractivity contribution in [1.82, 2.24) is 4.98 Å². The highest BCUT2D eigenvalue weighted by Crippen LogP contribution is 2.27. The number of nitrogens with one attached hydrogen (secondary N) is 1. The first-order chi connectivity index (χ1) is 9.47. The van der Waals surface area contributed by atoms with E-state index >= 15 is 0 Å². The van der Waals surface area contributed by atoms with Crippen LogP contribution >= 0.6 is 23.2 Å². The minimum atomic E-state index is -0.580. The van der Waals surface area contributed by atoms with Gasteiger partial charge < -0.3 is 5.32 Å². The van der Waals surface area contributed by atoms with Crippen molar-refractivity contribution in [2.75, 3.05) is 5.32 Å². The Balaban J connectivity index is 2.27. The molecule has 1 N–H and O–H groups in total. The number of benzene rings is 1. The number of nitro benzene ring substituents is 1. The zero-order chi connectivity index (χ0) is 14.7. The van der Waals surface area contributed by atoms with Gasteiger partial charge in [-0.3, -0.25) is 19.9 Å². The predicted molar refractivity (Wildman–Crippen MR) is 75.3 cm³/mol. The summed E-state index contributed by atoms with van der Waals surface area (Å²) in [5.74, 6) is -0.560. The molecular weight excluding hydrogens is 305 g/mol. The number of nitro groups is 1. The fraction of sp³-hybridized carbons (Fsp3) is 0. The van der Waals surface area contributed by atoms with Crippen LogP contribution in [0.2, 0.25) is 10.0 Å². The first-order valence-corrected chi connectivity index (χ1v) is 6.10. The number of pyridine rings is 1. The van der Waals surface area contributed by atoms with Crippen LogP contribution in [0.25, 0.3) is 0 Å². The van der Waals surface area contributed by atoms with Gasteiger partial charge in [0.25, 0.3) is 11.6 Å². The summed E-state index contributed by atoms with van der Waals surface area (Å²) in [5, 5.41) is 13.7. The summed E-state index contributed by atoms with van der Waals surface area (Å²) in [6, 6.07) is 6.65. The lowest BCUT2D eigenvalue weighted by atomic mass is 10.2. The average molecular weight is 312 g/mol. The van der Waals surface area contributed by atoms with E-state index in [1.165, 1.54) is 36.5 Å². The molecule has 0 fully saturated rings. The van der Waals surface area contributed by atoms with Gasteiger partial charge in [-0.05, 0) is 18.2 Å². The van der Waals surface area contributed by atoms with Crippen LogP contribution in [0.15, 0.2) is 36.5 Å². The minimum absolute atomic E-state index is 0.0834. The fourth-order valence-electron chi connectivity index (χ4n) is 1.44. The average Bonchev–Trinajstić information content (AvgIpc) is 2.41. The SMILES string of the molecule is O=C(Nc1cc([N+](=O)[O-])ccc1Cl)c1cc(Cl)ccn1. The first kappa shape index (κ1) is 14.2. The molecule has 1 amide bonds. The molecule has 1 aromatic heterocycles. The summed E-state index contributed by atoms with van der Waals surface area (Å²) in [4.78, 5) is 25.9. The molecule has 0 aliphatic rings. The second kappa shape index (κ2) is 5.85. The Morgan fingerprint density at radius 2 is 2.00 bits per heavy atom. The van der Waals surface area contributed by atoms with Gasteiger partial charge in [0.2, 0.25) is 0 Å². The molecule has 6 nitrogen and oxygen atoms in total. The summed E-state index contributed by atoms with van der Waals surface area (Å²) in [6.07, 6.45) is 1.38. The molecule has 8 heteroatoms. The van der Waals surface area contributed by atoms with Gasteiger partial charge in [0.1, 0.15) is 5.69 Å². The molecule has 0 atom stereocenters. The molecule has 2 rings (SSSR count). The van der Waals surface area contributed by atoms with Gasteiger partial charge in [-0.15, -0.1) is 0 Å². The molecule has 0 unspecified atom stereocenters. The van der Waals surface area contributed by atoms with Crippen LogP contribution in [0.4, 0.5) is 11.4 Å². The quantitative estimate of drug-likeness (QED) is 0.693. The monoisotopic (exact) mass is 311 g/mol. The van der Waals surface area contributed by atoms with E-state index in [4.69, 9.17) is 23.2 Å². The van der Waals surface area contributed by atoms with Crippen molar-refractivity contribution in [2.45, 2.75) is 0 Å². The number of halogens is 2. The molecule has 0 bridgehead atoms. The fourth-order valence-corrected chi connectivity index (χ4v) is 1.76. The minimum Gasteiger partial charge on any atom is -0.319 e. The van der Waals surface area contributed by atoms with E-state index in [0.29, 0.717) is 5.02 Å². The van der Waals surface area contributed by atoms with Gasteiger partial charge in [-0.25, -0.2) is 0 Å². The third kappa shape index (κ3) is 3.23. The van der Waals surface area contributed by atoms with E-state index in [1.54, 1.807) is 0 Å². The van der Waals surface area contributed by atoms with Crippen LogP contribution in [-0.2, 0) is 0 Å². The molecule has 20 heavy (non-hydrogen) atoms. The van der Waals surface area contributed by atoms with Gasteiger partial charge in [-0.1, -0.05) is 23.2 Å². The van der Waals surface area contributed by atoms with E-state index in [0.717, 1.165) is 0 Å². The molecule has 0 radical (unpaired) electrons. The van der Waals surface area contributed by atoms with E-state index in [-0.39, 0.29) is 22.1 Å². The Kier molecular flexibility index (Phi) is 4.16. The van der Waals surface area contributed by atoms with E-state index in [2.05, 4.69) is 10.3 Å². The predicted octanol–water partition coefficient (Wildman–Crippen LogP) is 3.55. The third-order valence-electron chi connectivity index (χ3n) is 2.36. The summed E-state index contributed by atoms with van der Waals surface area (Å²) < 4.78 is 0. The van der Waals surface area contributed by atoms with Crippen molar-refractivity contribution in [2.24, 2.45) is 0 Å². The molecule has 0 spiro atoms. The highest BCUT2D eigenvalue weighted by molar-refractivity contribution is 6.34. The zero-order valence-corrected chi connectivity index (χ0v) is 11.4. The molecule has 1 aromatic carbocycles. The molecule has 0 saturated carbocycles.